The molecule has 0 spiro atoms. The highest BCUT2D eigenvalue weighted by molar-refractivity contribution is 7.12. The fourth-order valence-electron chi connectivity index (χ4n) is 1.34. The number of ether oxygens (including phenoxy) is 1. The molecule has 1 heterocycles. The smallest absolute Gasteiger partial charge is 0.426 e. The molecular formula is C13H19N3O4S. The van der Waals surface area contributed by atoms with Gasteiger partial charge in [0.05, 0.1) is 4.88 Å². The van der Waals surface area contributed by atoms with Crippen LogP contribution in [0.15, 0.2) is 17.5 Å². The molecule has 0 saturated carbocycles. The van der Waals surface area contributed by atoms with Crippen molar-refractivity contribution in [3.63, 3.8) is 0 Å². The van der Waals surface area contributed by atoms with Crippen LogP contribution >= 0.6 is 11.3 Å². The third-order valence-electron chi connectivity index (χ3n) is 2.16. The van der Waals surface area contributed by atoms with E-state index in [0.717, 1.165) is 0 Å². The Labute approximate surface area is 127 Å². The number of likely N-dealkylation sites (N-methyl/N-ethyl adjacent to an activating group) is 1. The zero-order valence-electron chi connectivity index (χ0n) is 12.4. The summed E-state index contributed by atoms with van der Waals surface area (Å²) >= 11 is 1.30. The molecule has 2 N–H and O–H groups in total. The number of hydrazine groups is 1. The lowest BCUT2D eigenvalue weighted by molar-refractivity contribution is -0.122. The predicted octanol–water partition coefficient (Wildman–Crippen LogP) is 1.38. The molecule has 0 aliphatic rings. The lowest BCUT2D eigenvalue weighted by atomic mass is 10.2. The topological polar surface area (TPSA) is 87.7 Å². The van der Waals surface area contributed by atoms with Crippen LogP contribution in [0, 0.1) is 0 Å². The third-order valence-corrected chi connectivity index (χ3v) is 3.02. The van der Waals surface area contributed by atoms with Crippen molar-refractivity contribution in [2.24, 2.45) is 0 Å². The maximum absolute atomic E-state index is 11.9. The van der Waals surface area contributed by atoms with Crippen LogP contribution in [0.1, 0.15) is 30.4 Å². The number of hydrogen-bond donors (Lipinski definition) is 2. The SMILES string of the molecule is CN(CC(=O)NNC(=O)OC(C)(C)C)C(=O)c1cccs1. The normalized spacial score (nSPS) is 10.7. The first kappa shape index (κ1) is 17.0. The number of carbonyl (C=O) groups is 3. The van der Waals surface area contributed by atoms with Crippen molar-refractivity contribution in [2.75, 3.05) is 13.6 Å². The Kier molecular flexibility index (Phi) is 5.71. The van der Waals surface area contributed by atoms with Crippen molar-refractivity contribution in [2.45, 2.75) is 26.4 Å². The van der Waals surface area contributed by atoms with Crippen LogP contribution in [0.3, 0.4) is 0 Å². The molecule has 0 aromatic carbocycles. The van der Waals surface area contributed by atoms with E-state index in [1.165, 1.54) is 23.3 Å². The van der Waals surface area contributed by atoms with Crippen molar-refractivity contribution in [1.82, 2.24) is 15.8 Å². The second-order valence-electron chi connectivity index (χ2n) is 5.31. The summed E-state index contributed by atoms with van der Waals surface area (Å²) < 4.78 is 4.96. The fraction of sp³-hybridized carbons (Fsp3) is 0.462. The summed E-state index contributed by atoms with van der Waals surface area (Å²) in [5.74, 6) is -0.773. The summed E-state index contributed by atoms with van der Waals surface area (Å²) in [5, 5.41) is 1.78. The van der Waals surface area contributed by atoms with E-state index in [4.69, 9.17) is 4.74 Å². The molecule has 1 rings (SSSR count). The average molecular weight is 313 g/mol. The third kappa shape index (κ3) is 6.26. The van der Waals surface area contributed by atoms with Crippen LogP contribution in [0.25, 0.3) is 0 Å². The first-order chi connectivity index (χ1) is 9.69. The van der Waals surface area contributed by atoms with E-state index in [1.54, 1.807) is 38.3 Å². The summed E-state index contributed by atoms with van der Waals surface area (Å²) in [6.45, 7) is 4.96. The maximum atomic E-state index is 11.9. The zero-order chi connectivity index (χ0) is 16.0. The van der Waals surface area contributed by atoms with Crippen LogP contribution < -0.4 is 10.9 Å². The summed E-state index contributed by atoms with van der Waals surface area (Å²) in [4.78, 5) is 36.7. The van der Waals surface area contributed by atoms with E-state index in [1.807, 2.05) is 0 Å². The lowest BCUT2D eigenvalue weighted by Gasteiger charge is -2.20. The number of carbonyl (C=O) groups excluding carboxylic acids is 3. The monoisotopic (exact) mass is 313 g/mol. The predicted molar refractivity (Wildman–Crippen MR) is 78.8 cm³/mol. The molecule has 1 aromatic rings. The van der Waals surface area contributed by atoms with Gasteiger partial charge in [-0.3, -0.25) is 15.0 Å². The average Bonchev–Trinajstić information content (AvgIpc) is 2.87. The van der Waals surface area contributed by atoms with E-state index in [-0.39, 0.29) is 12.5 Å². The van der Waals surface area contributed by atoms with Crippen molar-refractivity contribution in [1.29, 1.82) is 0 Å². The summed E-state index contributed by atoms with van der Waals surface area (Å²) in [6.07, 6.45) is -0.761. The van der Waals surface area contributed by atoms with Gasteiger partial charge in [0.25, 0.3) is 11.8 Å². The molecule has 3 amide bonds. The highest BCUT2D eigenvalue weighted by atomic mass is 32.1. The molecule has 0 atom stereocenters. The second kappa shape index (κ2) is 7.07. The first-order valence-electron chi connectivity index (χ1n) is 6.26. The van der Waals surface area contributed by atoms with Crippen molar-refractivity contribution in [3.05, 3.63) is 22.4 Å². The van der Waals surface area contributed by atoms with Crippen LogP contribution in [0.5, 0.6) is 0 Å². The van der Waals surface area contributed by atoms with Crippen LogP contribution in [0.4, 0.5) is 4.79 Å². The highest BCUT2D eigenvalue weighted by Gasteiger charge is 2.18. The molecule has 0 saturated heterocycles. The van der Waals surface area contributed by atoms with Gasteiger partial charge in [0.2, 0.25) is 0 Å². The molecule has 0 aliphatic carbocycles. The van der Waals surface area contributed by atoms with Gasteiger partial charge in [-0.1, -0.05) is 6.07 Å². The molecule has 0 aliphatic heterocycles. The largest absolute Gasteiger partial charge is 0.443 e. The molecule has 1 aromatic heterocycles. The van der Waals surface area contributed by atoms with Gasteiger partial charge in [0, 0.05) is 7.05 Å². The fourth-order valence-corrected chi connectivity index (χ4v) is 2.06. The van der Waals surface area contributed by atoms with Gasteiger partial charge in [-0.05, 0) is 32.2 Å². The minimum Gasteiger partial charge on any atom is -0.443 e. The Bertz CT molecular complexity index is 508. The number of amides is 3. The molecular weight excluding hydrogens is 294 g/mol. The number of hydrogen-bond acceptors (Lipinski definition) is 5. The van der Waals surface area contributed by atoms with E-state index < -0.39 is 17.6 Å². The van der Waals surface area contributed by atoms with Gasteiger partial charge in [0.1, 0.15) is 12.1 Å². The van der Waals surface area contributed by atoms with Gasteiger partial charge in [0.15, 0.2) is 0 Å². The van der Waals surface area contributed by atoms with Crippen molar-refractivity contribution < 1.29 is 19.1 Å². The van der Waals surface area contributed by atoms with Crippen LogP contribution in [-0.2, 0) is 9.53 Å². The number of rotatable bonds is 3. The van der Waals surface area contributed by atoms with E-state index in [2.05, 4.69) is 10.9 Å². The molecule has 8 heteroatoms. The molecule has 0 fully saturated rings. The molecule has 7 nitrogen and oxygen atoms in total. The Hall–Kier alpha value is -2.09. The Morgan fingerprint density at radius 2 is 1.95 bits per heavy atom. The maximum Gasteiger partial charge on any atom is 0.426 e. The van der Waals surface area contributed by atoms with Crippen LogP contribution in [0.2, 0.25) is 0 Å². The van der Waals surface area contributed by atoms with Crippen LogP contribution in [-0.4, -0.2) is 42.0 Å². The van der Waals surface area contributed by atoms with E-state index >= 15 is 0 Å². The quantitative estimate of drug-likeness (QED) is 0.825. The first-order valence-corrected chi connectivity index (χ1v) is 7.14. The van der Waals surface area contributed by atoms with Gasteiger partial charge in [-0.2, -0.15) is 0 Å². The molecule has 0 unspecified atom stereocenters. The minimum absolute atomic E-state index is 0.174. The summed E-state index contributed by atoms with van der Waals surface area (Å²) in [7, 11) is 1.51. The molecule has 116 valence electrons. The standard InChI is InChI=1S/C13H19N3O4S/c1-13(2,3)20-12(19)15-14-10(17)8-16(4)11(18)9-6-5-7-21-9/h5-7H,8H2,1-4H3,(H,14,17)(H,15,19). The van der Waals surface area contributed by atoms with Crippen molar-refractivity contribution in [3.8, 4) is 0 Å². The van der Waals surface area contributed by atoms with Gasteiger partial charge in [-0.15, -0.1) is 11.3 Å². The second-order valence-corrected chi connectivity index (χ2v) is 6.26. The van der Waals surface area contributed by atoms with E-state index in [0.29, 0.717) is 4.88 Å². The zero-order valence-corrected chi connectivity index (χ0v) is 13.2. The number of thiophene rings is 1. The number of nitrogens with zero attached hydrogens (tertiary/aromatic N) is 1. The van der Waals surface area contributed by atoms with Gasteiger partial charge >= 0.3 is 6.09 Å². The summed E-state index contributed by atoms with van der Waals surface area (Å²) in [5.41, 5.74) is 3.65. The molecule has 0 radical (unpaired) electrons. The molecule has 0 bridgehead atoms. The van der Waals surface area contributed by atoms with Crippen molar-refractivity contribution >= 4 is 29.2 Å². The Morgan fingerprint density at radius 3 is 2.48 bits per heavy atom. The Morgan fingerprint density at radius 1 is 1.29 bits per heavy atom. The minimum atomic E-state index is -0.761. The van der Waals surface area contributed by atoms with Gasteiger partial charge in [-0.25, -0.2) is 10.2 Å². The van der Waals surface area contributed by atoms with E-state index in [9.17, 15) is 14.4 Å². The van der Waals surface area contributed by atoms with Gasteiger partial charge < -0.3 is 9.64 Å². The number of nitrogens with one attached hydrogen (secondary N) is 2. The molecule has 21 heavy (non-hydrogen) atoms. The highest BCUT2D eigenvalue weighted by Crippen LogP contribution is 2.10. The Balaban J connectivity index is 2.37. The lowest BCUT2D eigenvalue weighted by Crippen LogP contribution is -2.48. The summed E-state index contributed by atoms with van der Waals surface area (Å²) in [6, 6.07) is 3.44.